The number of anilines is 1. The molecule has 0 atom stereocenters. The molecule has 1 aliphatic rings. The molecule has 4 nitrogen and oxygen atoms in total. The van der Waals surface area contributed by atoms with Gasteiger partial charge in [-0.1, -0.05) is 0 Å². The van der Waals surface area contributed by atoms with Crippen molar-refractivity contribution in [3.63, 3.8) is 0 Å². The third kappa shape index (κ3) is 3.06. The van der Waals surface area contributed by atoms with E-state index in [1.807, 2.05) is 23.9 Å². The summed E-state index contributed by atoms with van der Waals surface area (Å²) < 4.78 is 0. The van der Waals surface area contributed by atoms with E-state index in [-0.39, 0.29) is 0 Å². The first kappa shape index (κ1) is 14.4. The van der Waals surface area contributed by atoms with Crippen LogP contribution in [0.2, 0.25) is 0 Å². The predicted octanol–water partition coefficient (Wildman–Crippen LogP) is 3.37. The van der Waals surface area contributed by atoms with Gasteiger partial charge < -0.3 is 10.0 Å². The van der Waals surface area contributed by atoms with Crippen molar-refractivity contribution in [3.8, 4) is 10.6 Å². The van der Waals surface area contributed by atoms with E-state index in [0.717, 1.165) is 23.7 Å². The summed E-state index contributed by atoms with van der Waals surface area (Å²) in [5, 5.41) is 9.87. The molecule has 0 bridgehead atoms. The number of hydrogen-bond acceptors (Lipinski definition) is 5. The predicted molar refractivity (Wildman–Crippen MR) is 88.8 cm³/mol. The fourth-order valence-corrected chi connectivity index (χ4v) is 4.17. The van der Waals surface area contributed by atoms with E-state index in [4.69, 9.17) is 5.11 Å². The van der Waals surface area contributed by atoms with Crippen LogP contribution < -0.4 is 4.90 Å². The van der Waals surface area contributed by atoms with Crippen LogP contribution in [0.1, 0.15) is 15.4 Å². The van der Waals surface area contributed by atoms with Crippen LogP contribution in [0.3, 0.4) is 0 Å². The molecule has 2 heterocycles. The smallest absolute Gasteiger partial charge is 0.347 e. The lowest BCUT2D eigenvalue weighted by atomic mass is 10.2. The van der Waals surface area contributed by atoms with Gasteiger partial charge in [0.25, 0.3) is 0 Å². The highest BCUT2D eigenvalue weighted by molar-refractivity contribution is 7.99. The number of carboxylic acid groups (broad SMARTS) is 1. The number of carbonyl (C=O) groups is 1. The average molecular weight is 320 g/mol. The Hall–Kier alpha value is -1.53. The first-order valence-electron chi connectivity index (χ1n) is 6.79. The maximum atomic E-state index is 11.1. The fraction of sp³-hybridized carbons (Fsp3) is 0.333. The minimum absolute atomic E-state index is 0.321. The number of aromatic nitrogens is 1. The van der Waals surface area contributed by atoms with Crippen LogP contribution in [0.25, 0.3) is 10.6 Å². The van der Waals surface area contributed by atoms with Crippen LogP contribution >= 0.6 is 23.1 Å². The van der Waals surface area contributed by atoms with Gasteiger partial charge in [-0.3, -0.25) is 0 Å². The molecule has 110 valence electrons. The molecule has 1 N–H and O–H groups in total. The van der Waals surface area contributed by atoms with Crippen molar-refractivity contribution in [1.29, 1.82) is 0 Å². The molecule has 1 aromatic carbocycles. The molecule has 0 saturated carbocycles. The van der Waals surface area contributed by atoms with Gasteiger partial charge >= 0.3 is 5.97 Å². The minimum Gasteiger partial charge on any atom is -0.477 e. The van der Waals surface area contributed by atoms with Crippen LogP contribution in [0.15, 0.2) is 24.3 Å². The maximum absolute atomic E-state index is 11.1. The second-order valence-corrected chi connectivity index (χ2v) is 7.11. The molecule has 1 fully saturated rings. The molecule has 21 heavy (non-hydrogen) atoms. The lowest BCUT2D eigenvalue weighted by Gasteiger charge is -2.28. The summed E-state index contributed by atoms with van der Waals surface area (Å²) in [6, 6.07) is 8.26. The van der Waals surface area contributed by atoms with Crippen LogP contribution in [-0.4, -0.2) is 40.7 Å². The van der Waals surface area contributed by atoms with Gasteiger partial charge in [0, 0.05) is 35.8 Å². The Balaban J connectivity index is 1.83. The summed E-state index contributed by atoms with van der Waals surface area (Å²) in [5.74, 6) is 1.45. The number of thiazole rings is 1. The average Bonchev–Trinajstić information content (AvgIpc) is 2.90. The zero-order valence-electron chi connectivity index (χ0n) is 11.7. The first-order chi connectivity index (χ1) is 10.1. The molecule has 0 aliphatic carbocycles. The summed E-state index contributed by atoms with van der Waals surface area (Å²) in [5.41, 5.74) is 2.79. The number of rotatable bonds is 3. The third-order valence-electron chi connectivity index (χ3n) is 3.48. The van der Waals surface area contributed by atoms with E-state index >= 15 is 0 Å². The van der Waals surface area contributed by atoms with E-state index in [2.05, 4.69) is 22.0 Å². The summed E-state index contributed by atoms with van der Waals surface area (Å²) in [6.45, 7) is 3.91. The van der Waals surface area contributed by atoms with E-state index in [1.54, 1.807) is 6.92 Å². The third-order valence-corrected chi connectivity index (χ3v) is 5.62. The van der Waals surface area contributed by atoms with Crippen molar-refractivity contribution in [2.45, 2.75) is 6.92 Å². The molecule has 0 amide bonds. The molecule has 0 radical (unpaired) electrons. The van der Waals surface area contributed by atoms with Crippen molar-refractivity contribution < 1.29 is 9.90 Å². The van der Waals surface area contributed by atoms with E-state index in [0.29, 0.717) is 10.6 Å². The quantitative estimate of drug-likeness (QED) is 0.939. The zero-order chi connectivity index (χ0) is 14.8. The lowest BCUT2D eigenvalue weighted by Crippen LogP contribution is -2.32. The summed E-state index contributed by atoms with van der Waals surface area (Å²) in [7, 11) is 0. The minimum atomic E-state index is -0.904. The molecule has 0 spiro atoms. The van der Waals surface area contributed by atoms with Crippen molar-refractivity contribution in [3.05, 3.63) is 34.8 Å². The van der Waals surface area contributed by atoms with Crippen molar-refractivity contribution >= 4 is 34.8 Å². The Morgan fingerprint density at radius 2 is 1.90 bits per heavy atom. The first-order valence-corrected chi connectivity index (χ1v) is 8.76. The topological polar surface area (TPSA) is 53.4 Å². The van der Waals surface area contributed by atoms with Crippen LogP contribution in [0, 0.1) is 6.92 Å². The highest BCUT2D eigenvalue weighted by atomic mass is 32.2. The highest BCUT2D eigenvalue weighted by Crippen LogP contribution is 2.30. The molecule has 3 rings (SSSR count). The number of carboxylic acids is 1. The van der Waals surface area contributed by atoms with Crippen molar-refractivity contribution in [2.75, 3.05) is 29.5 Å². The van der Waals surface area contributed by atoms with Gasteiger partial charge in [-0.25, -0.2) is 9.78 Å². The fourth-order valence-electron chi connectivity index (χ4n) is 2.35. The number of nitrogens with zero attached hydrogens (tertiary/aromatic N) is 2. The van der Waals surface area contributed by atoms with Crippen molar-refractivity contribution in [2.24, 2.45) is 0 Å². The molecule has 2 aromatic rings. The highest BCUT2D eigenvalue weighted by Gasteiger charge is 2.16. The SMILES string of the molecule is Cc1nc(-c2ccc(N3CCSCC3)cc2)sc1C(=O)O. The summed E-state index contributed by atoms with van der Waals surface area (Å²) in [4.78, 5) is 18.2. The molecule has 1 aliphatic heterocycles. The second-order valence-electron chi connectivity index (χ2n) is 4.88. The van der Waals surface area contributed by atoms with Gasteiger partial charge in [0.1, 0.15) is 9.88 Å². The van der Waals surface area contributed by atoms with Gasteiger partial charge in [-0.2, -0.15) is 11.8 Å². The van der Waals surface area contributed by atoms with Gasteiger partial charge in [-0.15, -0.1) is 11.3 Å². The Kier molecular flexibility index (Phi) is 4.17. The largest absolute Gasteiger partial charge is 0.477 e. The van der Waals surface area contributed by atoms with Gasteiger partial charge in [-0.05, 0) is 31.2 Å². The second kappa shape index (κ2) is 6.07. The number of hydrogen-bond donors (Lipinski definition) is 1. The normalized spacial score (nSPS) is 15.2. The Morgan fingerprint density at radius 1 is 1.24 bits per heavy atom. The van der Waals surface area contributed by atoms with E-state index in [9.17, 15) is 4.79 Å². The van der Waals surface area contributed by atoms with Gasteiger partial charge in [0.05, 0.1) is 5.69 Å². The van der Waals surface area contributed by atoms with Crippen molar-refractivity contribution in [1.82, 2.24) is 4.98 Å². The van der Waals surface area contributed by atoms with E-state index < -0.39 is 5.97 Å². The molecule has 0 unspecified atom stereocenters. The van der Waals surface area contributed by atoms with Gasteiger partial charge in [0.2, 0.25) is 0 Å². The standard InChI is InChI=1S/C15H16N2O2S2/c1-10-13(15(18)19)21-14(16-10)11-2-4-12(5-3-11)17-6-8-20-9-7-17/h2-5H,6-9H2,1H3,(H,18,19). The Labute approximate surface area is 131 Å². The Morgan fingerprint density at radius 3 is 2.48 bits per heavy atom. The molecule has 1 saturated heterocycles. The van der Waals surface area contributed by atoms with E-state index in [1.165, 1.54) is 28.5 Å². The van der Waals surface area contributed by atoms with Gasteiger partial charge in [0.15, 0.2) is 0 Å². The zero-order valence-corrected chi connectivity index (χ0v) is 13.3. The molecule has 6 heteroatoms. The summed E-state index contributed by atoms with van der Waals surface area (Å²) >= 11 is 3.23. The number of aryl methyl sites for hydroxylation is 1. The Bertz CT molecular complexity index is 646. The molecule has 1 aromatic heterocycles. The van der Waals surface area contributed by atoms with Crippen LogP contribution in [-0.2, 0) is 0 Å². The lowest BCUT2D eigenvalue weighted by molar-refractivity contribution is 0.0701. The molecular weight excluding hydrogens is 304 g/mol. The summed E-state index contributed by atoms with van der Waals surface area (Å²) in [6.07, 6.45) is 0. The monoisotopic (exact) mass is 320 g/mol. The number of thioether (sulfide) groups is 1. The number of aromatic carboxylic acids is 1. The van der Waals surface area contributed by atoms with Crippen LogP contribution in [0.4, 0.5) is 5.69 Å². The number of benzene rings is 1. The maximum Gasteiger partial charge on any atom is 0.347 e. The van der Waals surface area contributed by atoms with Crippen LogP contribution in [0.5, 0.6) is 0 Å². The molecular formula is C15H16N2O2S2.